The van der Waals surface area contributed by atoms with E-state index in [1.54, 1.807) is 12.3 Å². The molecule has 2 unspecified atom stereocenters. The van der Waals surface area contributed by atoms with Crippen LogP contribution < -0.4 is 15.5 Å². The van der Waals surface area contributed by atoms with E-state index in [1.807, 2.05) is 19.1 Å². The van der Waals surface area contributed by atoms with E-state index >= 15 is 0 Å². The molecule has 5 heterocycles. The molecule has 2 N–H and O–H groups in total. The van der Waals surface area contributed by atoms with Crippen molar-refractivity contribution in [3.05, 3.63) is 36.7 Å². The molecule has 2 aliphatic heterocycles. The lowest BCUT2D eigenvalue weighted by Crippen LogP contribution is -2.45. The minimum atomic E-state index is -2.44. The molecule has 36 heavy (non-hydrogen) atoms. The first-order valence-electron chi connectivity index (χ1n) is 13.9. The molecule has 4 atom stereocenters. The molecule has 1 aliphatic carbocycles. The van der Waals surface area contributed by atoms with Crippen molar-refractivity contribution >= 4 is 45.1 Å². The quantitative estimate of drug-likeness (QED) is 0.426. The molecule has 0 radical (unpaired) electrons. The number of ether oxygens (including phenoxy) is 1. The van der Waals surface area contributed by atoms with Crippen LogP contribution in [0.2, 0.25) is 0 Å². The van der Waals surface area contributed by atoms with Gasteiger partial charge in [0.25, 0.3) is 0 Å². The number of carbonyl (C=O) groups is 1. The fourth-order valence-corrected chi connectivity index (χ4v) is 5.62. The van der Waals surface area contributed by atoms with Crippen molar-refractivity contribution in [2.75, 3.05) is 35.7 Å². The van der Waals surface area contributed by atoms with Crippen LogP contribution in [0, 0.1) is 11.8 Å². The van der Waals surface area contributed by atoms with E-state index in [-0.39, 0.29) is 17.6 Å². The molecular weight excluding hydrogens is 456 g/mol. The Balaban J connectivity index is 1.29. The first kappa shape index (κ1) is 18.5. The first-order chi connectivity index (χ1) is 18.7. The Hall–Kier alpha value is -3.72. The maximum Gasteiger partial charge on any atom is 0.229 e. The zero-order valence-electron chi connectivity index (χ0n) is 22.8. The lowest BCUT2D eigenvalue weighted by molar-refractivity contribution is -0.117. The van der Waals surface area contributed by atoms with Crippen LogP contribution in [0.3, 0.4) is 0 Å². The Labute approximate surface area is 212 Å². The lowest BCUT2D eigenvalue weighted by Gasteiger charge is -2.36. The summed E-state index contributed by atoms with van der Waals surface area (Å²) >= 11 is 0. The van der Waals surface area contributed by atoms with Gasteiger partial charge in [-0.25, -0.2) is 15.0 Å². The second-order valence-corrected chi connectivity index (χ2v) is 10.1. The molecule has 3 aliphatic rings. The highest BCUT2D eigenvalue weighted by Crippen LogP contribution is 2.40. The highest BCUT2D eigenvalue weighted by atomic mass is 16.5. The third-order valence-corrected chi connectivity index (χ3v) is 7.73. The predicted molar refractivity (Wildman–Crippen MR) is 138 cm³/mol. The van der Waals surface area contributed by atoms with Gasteiger partial charge < -0.3 is 24.7 Å². The van der Waals surface area contributed by atoms with E-state index in [1.165, 1.54) is 6.20 Å². The van der Waals surface area contributed by atoms with Gasteiger partial charge >= 0.3 is 0 Å². The number of pyridine rings is 2. The number of aromatic nitrogens is 3. The Kier molecular flexibility index (Phi) is 4.20. The standard InChI is InChI=1S/C27H28N6O3/c1-14-7-18(14)26(34)32-24-9-19-20(10-29-24)25(28-2)30-11-21(19)27-31-22-8-15(5-6-23(22)36-27)33-16-3-4-17(33)13-35-12-16/h5-6,8-11,14,16-18H,3-4,7,12-13H2,1-2H3,(H,28,30)(H,29,32,34)/t14-,16?,17?,18+/m1/s1/i2D3. The smallest absolute Gasteiger partial charge is 0.229 e. The highest BCUT2D eigenvalue weighted by Gasteiger charge is 2.39. The second-order valence-electron chi connectivity index (χ2n) is 10.1. The van der Waals surface area contributed by atoms with Crippen molar-refractivity contribution in [1.29, 1.82) is 0 Å². The van der Waals surface area contributed by atoms with Gasteiger partial charge in [-0.2, -0.15) is 0 Å². The number of oxazole rings is 1. The Morgan fingerprint density at radius 1 is 1.14 bits per heavy atom. The van der Waals surface area contributed by atoms with Crippen LogP contribution in [0.4, 0.5) is 17.3 Å². The summed E-state index contributed by atoms with van der Waals surface area (Å²) in [6.07, 6.45) is 6.15. The van der Waals surface area contributed by atoms with Crippen LogP contribution in [-0.4, -0.2) is 53.1 Å². The normalized spacial score (nSPS) is 26.5. The summed E-state index contributed by atoms with van der Waals surface area (Å²) in [6, 6.07) is 8.50. The predicted octanol–water partition coefficient (Wildman–Crippen LogP) is 4.44. The molecule has 2 bridgehead atoms. The zero-order valence-corrected chi connectivity index (χ0v) is 19.8. The van der Waals surface area contributed by atoms with E-state index in [2.05, 4.69) is 31.6 Å². The zero-order chi connectivity index (χ0) is 26.9. The maximum absolute atomic E-state index is 12.6. The van der Waals surface area contributed by atoms with Gasteiger partial charge in [-0.3, -0.25) is 4.79 Å². The summed E-state index contributed by atoms with van der Waals surface area (Å²) in [5.41, 5.74) is 3.03. The Morgan fingerprint density at radius 3 is 2.75 bits per heavy atom. The van der Waals surface area contributed by atoms with Crippen LogP contribution in [-0.2, 0) is 9.53 Å². The maximum atomic E-state index is 12.6. The minimum absolute atomic E-state index is 0.0138. The van der Waals surface area contributed by atoms with Crippen molar-refractivity contribution in [2.24, 2.45) is 11.8 Å². The number of nitrogens with one attached hydrogen (secondary N) is 2. The number of anilines is 3. The van der Waals surface area contributed by atoms with Gasteiger partial charge in [0.05, 0.1) is 30.9 Å². The van der Waals surface area contributed by atoms with Crippen LogP contribution >= 0.6 is 0 Å². The van der Waals surface area contributed by atoms with Gasteiger partial charge in [-0.1, -0.05) is 6.92 Å². The molecule has 1 aromatic carbocycles. The number of rotatable bonds is 5. The molecule has 1 amide bonds. The largest absolute Gasteiger partial charge is 0.436 e. The molecule has 9 heteroatoms. The average molecular weight is 488 g/mol. The Bertz CT molecular complexity index is 1590. The van der Waals surface area contributed by atoms with Crippen molar-refractivity contribution in [2.45, 2.75) is 38.3 Å². The minimum Gasteiger partial charge on any atom is -0.436 e. The number of hydrogen-bond acceptors (Lipinski definition) is 8. The van der Waals surface area contributed by atoms with E-state index in [0.717, 1.165) is 43.7 Å². The number of benzene rings is 1. The fourth-order valence-electron chi connectivity index (χ4n) is 5.62. The monoisotopic (exact) mass is 487 g/mol. The van der Waals surface area contributed by atoms with Crippen LogP contribution in [0.25, 0.3) is 33.3 Å². The molecule has 184 valence electrons. The van der Waals surface area contributed by atoms with E-state index in [4.69, 9.17) is 18.3 Å². The second kappa shape index (κ2) is 8.16. The number of nitrogens with zero attached hydrogens (tertiary/aromatic N) is 4. The highest BCUT2D eigenvalue weighted by molar-refractivity contribution is 6.03. The van der Waals surface area contributed by atoms with Gasteiger partial charge in [0.2, 0.25) is 11.8 Å². The average Bonchev–Trinajstić information content (AvgIpc) is 3.39. The fraction of sp³-hybridized carbons (Fsp3) is 0.407. The van der Waals surface area contributed by atoms with Crippen LogP contribution in [0.1, 0.15) is 30.3 Å². The number of carbonyl (C=O) groups excluding carboxylic acids is 1. The van der Waals surface area contributed by atoms with E-state index in [9.17, 15) is 4.79 Å². The number of fused-ring (bicyclic) bond motifs is 4. The van der Waals surface area contributed by atoms with Gasteiger partial charge in [0, 0.05) is 45.9 Å². The van der Waals surface area contributed by atoms with Crippen molar-refractivity contribution in [3.8, 4) is 11.5 Å². The van der Waals surface area contributed by atoms with Crippen LogP contribution in [0.15, 0.2) is 41.1 Å². The summed E-state index contributed by atoms with van der Waals surface area (Å²) in [6.45, 7) is 1.07. The van der Waals surface area contributed by atoms with Gasteiger partial charge in [0.1, 0.15) is 17.2 Å². The summed E-state index contributed by atoms with van der Waals surface area (Å²) in [5, 5.41) is 6.46. The summed E-state index contributed by atoms with van der Waals surface area (Å²) in [4.78, 5) is 28.5. The molecule has 3 fully saturated rings. The molecule has 4 aromatic rings. The first-order valence-corrected chi connectivity index (χ1v) is 12.4. The molecule has 1 saturated carbocycles. The third-order valence-electron chi connectivity index (χ3n) is 7.73. The van der Waals surface area contributed by atoms with E-state index in [0.29, 0.717) is 51.6 Å². The van der Waals surface area contributed by atoms with Crippen molar-refractivity contribution < 1.29 is 18.1 Å². The summed E-state index contributed by atoms with van der Waals surface area (Å²) in [7, 11) is 0. The van der Waals surface area contributed by atoms with Gasteiger partial charge in [-0.05, 0) is 49.4 Å². The molecule has 7 rings (SSSR count). The van der Waals surface area contributed by atoms with E-state index < -0.39 is 6.98 Å². The number of morpholine rings is 1. The van der Waals surface area contributed by atoms with Crippen LogP contribution in [0.5, 0.6) is 0 Å². The summed E-state index contributed by atoms with van der Waals surface area (Å²) < 4.78 is 34.8. The molecule has 9 nitrogen and oxygen atoms in total. The Morgan fingerprint density at radius 2 is 1.97 bits per heavy atom. The van der Waals surface area contributed by atoms with Crippen molar-refractivity contribution in [1.82, 2.24) is 15.0 Å². The van der Waals surface area contributed by atoms with Gasteiger partial charge in [-0.15, -0.1) is 0 Å². The van der Waals surface area contributed by atoms with Gasteiger partial charge in [0.15, 0.2) is 5.58 Å². The third kappa shape index (κ3) is 3.49. The molecule has 3 aromatic heterocycles. The number of hydrogen-bond donors (Lipinski definition) is 2. The SMILES string of the molecule is [2H]C([2H])([2H])Nc1ncc(-c2nc3cc(N4C5CCC4COC5)ccc3o2)c2cc(NC(=O)[C@H]3C[C@H]3C)ncc12. The lowest BCUT2D eigenvalue weighted by atomic mass is 10.1. The molecule has 0 spiro atoms. The molecular formula is C27H28N6O3. The summed E-state index contributed by atoms with van der Waals surface area (Å²) in [5.74, 6) is 1.16. The topological polar surface area (TPSA) is 105 Å². The molecule has 2 saturated heterocycles. The van der Waals surface area contributed by atoms with Crippen molar-refractivity contribution in [3.63, 3.8) is 0 Å². The number of amides is 1.